The zero-order valence-corrected chi connectivity index (χ0v) is 11.9. The molecule has 1 aliphatic rings. The smallest absolute Gasteiger partial charge is 0.156 e. The second-order valence-corrected chi connectivity index (χ2v) is 5.38. The number of alkyl halides is 1. The van der Waals surface area contributed by atoms with Crippen molar-refractivity contribution >= 4 is 34.8 Å². The highest BCUT2D eigenvalue weighted by Gasteiger charge is 2.38. The predicted octanol–water partition coefficient (Wildman–Crippen LogP) is 3.22. The zero-order chi connectivity index (χ0) is 13.2. The molecule has 0 radical (unpaired) electrons. The van der Waals surface area contributed by atoms with Crippen molar-refractivity contribution in [2.24, 2.45) is 0 Å². The van der Waals surface area contributed by atoms with E-state index in [9.17, 15) is 5.11 Å². The lowest BCUT2D eigenvalue weighted by atomic mass is 9.92. The first-order valence-corrected chi connectivity index (χ1v) is 6.84. The van der Waals surface area contributed by atoms with Gasteiger partial charge in [0.05, 0.1) is 29.9 Å². The molecule has 0 unspecified atom stereocenters. The number of halogens is 3. The molecule has 1 heterocycles. The van der Waals surface area contributed by atoms with Crippen molar-refractivity contribution in [2.45, 2.75) is 12.0 Å². The van der Waals surface area contributed by atoms with Crippen LogP contribution in [-0.2, 0) is 10.3 Å². The molecule has 0 atom stereocenters. The maximum Gasteiger partial charge on any atom is 0.156 e. The Morgan fingerprint density at radius 1 is 1.28 bits per heavy atom. The SMILES string of the molecule is OC1(c2cc(Cl)c(OCCCCl)c(Cl)c2)COC1. The van der Waals surface area contributed by atoms with Crippen molar-refractivity contribution in [3.8, 4) is 5.75 Å². The number of rotatable bonds is 5. The van der Waals surface area contributed by atoms with Gasteiger partial charge in [-0.3, -0.25) is 0 Å². The standard InChI is InChI=1S/C12H13Cl3O3/c13-2-1-3-18-11-9(14)4-8(5-10(11)15)12(16)6-17-7-12/h4-5,16H,1-3,6-7H2. The van der Waals surface area contributed by atoms with Gasteiger partial charge in [-0.25, -0.2) is 0 Å². The van der Waals surface area contributed by atoms with E-state index in [-0.39, 0.29) is 13.2 Å². The van der Waals surface area contributed by atoms with Crippen LogP contribution in [0.3, 0.4) is 0 Å². The molecule has 0 bridgehead atoms. The summed E-state index contributed by atoms with van der Waals surface area (Å²) in [5.74, 6) is 0.945. The highest BCUT2D eigenvalue weighted by Crippen LogP contribution is 2.39. The summed E-state index contributed by atoms with van der Waals surface area (Å²) in [6.45, 7) is 0.966. The van der Waals surface area contributed by atoms with E-state index >= 15 is 0 Å². The average Bonchev–Trinajstić information content (AvgIpc) is 2.29. The van der Waals surface area contributed by atoms with E-state index in [0.717, 1.165) is 0 Å². The first-order valence-electron chi connectivity index (χ1n) is 5.55. The summed E-state index contributed by atoms with van der Waals surface area (Å²) in [6, 6.07) is 3.32. The molecule has 3 nitrogen and oxygen atoms in total. The Morgan fingerprint density at radius 3 is 2.33 bits per heavy atom. The van der Waals surface area contributed by atoms with E-state index in [0.29, 0.717) is 40.3 Å². The highest BCUT2D eigenvalue weighted by molar-refractivity contribution is 6.37. The van der Waals surface area contributed by atoms with Gasteiger partial charge in [-0.1, -0.05) is 23.2 Å². The molecule has 1 aromatic carbocycles. The minimum Gasteiger partial charge on any atom is -0.490 e. The summed E-state index contributed by atoms with van der Waals surface area (Å²) in [5, 5.41) is 10.9. The molecule has 1 N–H and O–H groups in total. The number of aliphatic hydroxyl groups is 1. The van der Waals surface area contributed by atoms with Crippen LogP contribution in [0.15, 0.2) is 12.1 Å². The quantitative estimate of drug-likeness (QED) is 0.670. The van der Waals surface area contributed by atoms with Gasteiger partial charge in [-0.2, -0.15) is 0 Å². The lowest BCUT2D eigenvalue weighted by molar-refractivity contribution is -0.184. The zero-order valence-electron chi connectivity index (χ0n) is 9.59. The van der Waals surface area contributed by atoms with Gasteiger partial charge in [0, 0.05) is 5.88 Å². The summed E-state index contributed by atoms with van der Waals surface area (Å²) >= 11 is 17.8. The number of benzene rings is 1. The number of hydrogen-bond donors (Lipinski definition) is 1. The first kappa shape index (κ1) is 14.2. The molecule has 0 aromatic heterocycles. The van der Waals surface area contributed by atoms with Crippen LogP contribution in [-0.4, -0.2) is 30.8 Å². The van der Waals surface area contributed by atoms with E-state index in [1.54, 1.807) is 12.1 Å². The van der Waals surface area contributed by atoms with Crippen molar-refractivity contribution in [3.63, 3.8) is 0 Å². The monoisotopic (exact) mass is 310 g/mol. The van der Waals surface area contributed by atoms with Gasteiger partial charge in [-0.15, -0.1) is 11.6 Å². The van der Waals surface area contributed by atoms with E-state index in [2.05, 4.69) is 0 Å². The normalized spacial score (nSPS) is 17.3. The van der Waals surface area contributed by atoms with Crippen molar-refractivity contribution in [2.75, 3.05) is 25.7 Å². The van der Waals surface area contributed by atoms with Gasteiger partial charge in [-0.05, 0) is 24.1 Å². The fourth-order valence-corrected chi connectivity index (χ4v) is 2.36. The van der Waals surface area contributed by atoms with E-state index < -0.39 is 5.60 Å². The van der Waals surface area contributed by atoms with Crippen LogP contribution in [0.25, 0.3) is 0 Å². The fourth-order valence-electron chi connectivity index (χ4n) is 1.66. The molecule has 100 valence electrons. The molecule has 18 heavy (non-hydrogen) atoms. The molecule has 1 saturated heterocycles. The Hall–Kier alpha value is -0.190. The van der Waals surface area contributed by atoms with Gasteiger partial charge >= 0.3 is 0 Å². The van der Waals surface area contributed by atoms with Gasteiger partial charge in [0.1, 0.15) is 5.60 Å². The molecule has 6 heteroatoms. The van der Waals surface area contributed by atoms with Crippen molar-refractivity contribution < 1.29 is 14.6 Å². The van der Waals surface area contributed by atoms with Crippen molar-refractivity contribution in [3.05, 3.63) is 27.7 Å². The summed E-state index contributed by atoms with van der Waals surface area (Å²) in [5.41, 5.74) is -0.337. The molecule has 1 fully saturated rings. The molecule has 0 amide bonds. The van der Waals surface area contributed by atoms with Crippen LogP contribution in [0.2, 0.25) is 10.0 Å². The lowest BCUT2D eigenvalue weighted by Crippen LogP contribution is -2.46. The van der Waals surface area contributed by atoms with Crippen LogP contribution in [0.5, 0.6) is 5.75 Å². The molecule has 2 rings (SSSR count). The highest BCUT2D eigenvalue weighted by atomic mass is 35.5. The minimum absolute atomic E-state index is 0.256. The van der Waals surface area contributed by atoms with Crippen LogP contribution in [0.4, 0.5) is 0 Å². The Kier molecular flexibility index (Phi) is 4.62. The third-order valence-corrected chi connectivity index (χ3v) is 3.57. The average molecular weight is 312 g/mol. The Labute approximate surface area is 121 Å². The maximum absolute atomic E-state index is 10.1. The molecular formula is C12H13Cl3O3. The third kappa shape index (κ3) is 2.86. The Morgan fingerprint density at radius 2 is 1.89 bits per heavy atom. The summed E-state index contributed by atoms with van der Waals surface area (Å²) < 4.78 is 10.5. The first-order chi connectivity index (χ1) is 8.57. The van der Waals surface area contributed by atoms with Gasteiger partial charge < -0.3 is 14.6 Å². The molecule has 0 aliphatic carbocycles. The number of ether oxygens (including phenoxy) is 2. The third-order valence-electron chi connectivity index (χ3n) is 2.74. The second kappa shape index (κ2) is 5.85. The van der Waals surface area contributed by atoms with Crippen LogP contribution < -0.4 is 4.74 Å². The molecule has 1 aromatic rings. The Bertz CT molecular complexity index is 410. The second-order valence-electron chi connectivity index (χ2n) is 4.18. The predicted molar refractivity (Wildman–Crippen MR) is 72.0 cm³/mol. The van der Waals surface area contributed by atoms with Crippen molar-refractivity contribution in [1.82, 2.24) is 0 Å². The van der Waals surface area contributed by atoms with Gasteiger partial charge in [0.2, 0.25) is 0 Å². The van der Waals surface area contributed by atoms with Gasteiger partial charge in [0.15, 0.2) is 5.75 Å². The number of hydrogen-bond acceptors (Lipinski definition) is 3. The largest absolute Gasteiger partial charge is 0.490 e. The topological polar surface area (TPSA) is 38.7 Å². The lowest BCUT2D eigenvalue weighted by Gasteiger charge is -2.37. The van der Waals surface area contributed by atoms with Crippen LogP contribution in [0.1, 0.15) is 12.0 Å². The maximum atomic E-state index is 10.1. The van der Waals surface area contributed by atoms with Crippen molar-refractivity contribution in [1.29, 1.82) is 0 Å². The molecular weight excluding hydrogens is 298 g/mol. The van der Waals surface area contributed by atoms with Crippen LogP contribution in [0, 0.1) is 0 Å². The minimum atomic E-state index is -0.984. The molecule has 1 aliphatic heterocycles. The summed E-state index contributed by atoms with van der Waals surface area (Å²) in [7, 11) is 0. The summed E-state index contributed by atoms with van der Waals surface area (Å²) in [4.78, 5) is 0. The van der Waals surface area contributed by atoms with Gasteiger partial charge in [0.25, 0.3) is 0 Å². The molecule has 0 spiro atoms. The fraction of sp³-hybridized carbons (Fsp3) is 0.500. The van der Waals surface area contributed by atoms with E-state index in [1.165, 1.54) is 0 Å². The summed E-state index contributed by atoms with van der Waals surface area (Å²) in [6.07, 6.45) is 0.716. The van der Waals surface area contributed by atoms with Crippen LogP contribution >= 0.6 is 34.8 Å². The molecule has 0 saturated carbocycles. The van der Waals surface area contributed by atoms with E-state index in [1.807, 2.05) is 0 Å². The Balaban J connectivity index is 2.18. The van der Waals surface area contributed by atoms with E-state index in [4.69, 9.17) is 44.3 Å².